The van der Waals surface area contributed by atoms with E-state index in [-0.39, 0.29) is 5.91 Å². The van der Waals surface area contributed by atoms with E-state index in [1.807, 2.05) is 17.0 Å². The summed E-state index contributed by atoms with van der Waals surface area (Å²) < 4.78 is 0. The van der Waals surface area contributed by atoms with Gasteiger partial charge in [0.25, 0.3) is 0 Å². The lowest BCUT2D eigenvalue weighted by atomic mass is 10.00. The number of nitrogens with zero attached hydrogens (tertiary/aromatic N) is 2. The molecule has 0 bridgehead atoms. The third-order valence-corrected chi connectivity index (χ3v) is 5.49. The van der Waals surface area contributed by atoms with Crippen LogP contribution < -0.4 is 4.90 Å². The van der Waals surface area contributed by atoms with Crippen LogP contribution in [0.25, 0.3) is 0 Å². The van der Waals surface area contributed by atoms with Crippen molar-refractivity contribution in [1.29, 1.82) is 0 Å². The van der Waals surface area contributed by atoms with Gasteiger partial charge in [0.2, 0.25) is 5.91 Å². The van der Waals surface area contributed by atoms with E-state index in [0.717, 1.165) is 25.2 Å². The molecule has 3 heteroatoms. The molecule has 0 saturated heterocycles. The van der Waals surface area contributed by atoms with Crippen molar-refractivity contribution in [3.05, 3.63) is 65.2 Å². The summed E-state index contributed by atoms with van der Waals surface area (Å²) >= 11 is 0. The second-order valence-electron chi connectivity index (χ2n) is 7.21. The summed E-state index contributed by atoms with van der Waals surface area (Å²) in [6.07, 6.45) is 5.24. The number of fused-ring (bicyclic) bond motifs is 2. The highest BCUT2D eigenvalue weighted by atomic mass is 16.2. The highest BCUT2D eigenvalue weighted by molar-refractivity contribution is 6.01. The van der Waals surface area contributed by atoms with Crippen LogP contribution in [0.5, 0.6) is 0 Å². The van der Waals surface area contributed by atoms with Crippen LogP contribution in [0.15, 0.2) is 48.5 Å². The molecular formula is C22H26N2O. The zero-order chi connectivity index (χ0) is 17.1. The first-order valence-electron chi connectivity index (χ1n) is 9.49. The highest BCUT2D eigenvalue weighted by Crippen LogP contribution is 2.28. The van der Waals surface area contributed by atoms with Crippen molar-refractivity contribution >= 4 is 11.6 Å². The molecule has 2 aliphatic rings. The minimum Gasteiger partial charge on any atom is -0.312 e. The van der Waals surface area contributed by atoms with Crippen LogP contribution in [0, 0.1) is 0 Å². The maximum atomic E-state index is 12.2. The summed E-state index contributed by atoms with van der Waals surface area (Å²) in [5.74, 6) is 0.258. The second-order valence-corrected chi connectivity index (χ2v) is 7.21. The molecule has 25 heavy (non-hydrogen) atoms. The molecular weight excluding hydrogens is 308 g/mol. The van der Waals surface area contributed by atoms with Crippen LogP contribution in [-0.2, 0) is 24.2 Å². The van der Waals surface area contributed by atoms with E-state index in [0.29, 0.717) is 6.42 Å². The Morgan fingerprint density at radius 1 is 0.800 bits per heavy atom. The van der Waals surface area contributed by atoms with Crippen molar-refractivity contribution < 1.29 is 4.79 Å². The van der Waals surface area contributed by atoms with Gasteiger partial charge in [0.05, 0.1) is 6.42 Å². The molecule has 0 aliphatic carbocycles. The number of carbonyl (C=O) groups excluding carboxylic acids is 1. The molecule has 3 nitrogen and oxygen atoms in total. The SMILES string of the molecule is O=C1Cc2ccccc2N1CCCCCN1CCc2ccccc2C1. The first-order chi connectivity index (χ1) is 12.3. The van der Waals surface area contributed by atoms with Crippen LogP contribution in [0.1, 0.15) is 36.0 Å². The summed E-state index contributed by atoms with van der Waals surface area (Å²) in [6.45, 7) is 4.29. The Balaban J connectivity index is 1.20. The molecule has 2 aromatic rings. The van der Waals surface area contributed by atoms with Gasteiger partial charge in [-0.3, -0.25) is 9.69 Å². The quantitative estimate of drug-likeness (QED) is 0.750. The lowest BCUT2D eigenvalue weighted by Crippen LogP contribution is -2.31. The molecule has 0 aromatic heterocycles. The average Bonchev–Trinajstić information content (AvgIpc) is 2.97. The summed E-state index contributed by atoms with van der Waals surface area (Å²) in [6, 6.07) is 17.0. The normalized spacial score (nSPS) is 16.8. The van der Waals surface area contributed by atoms with Gasteiger partial charge in [0.1, 0.15) is 0 Å². The predicted octanol–water partition coefficient (Wildman–Crippen LogP) is 3.80. The number of para-hydroxylation sites is 1. The van der Waals surface area contributed by atoms with Gasteiger partial charge in [-0.1, -0.05) is 48.9 Å². The summed E-state index contributed by atoms with van der Waals surface area (Å²) in [7, 11) is 0. The first kappa shape index (κ1) is 16.3. The molecule has 2 aliphatic heterocycles. The van der Waals surface area contributed by atoms with Crippen molar-refractivity contribution in [2.75, 3.05) is 24.5 Å². The number of benzene rings is 2. The van der Waals surface area contributed by atoms with Gasteiger partial charge < -0.3 is 4.90 Å². The largest absolute Gasteiger partial charge is 0.312 e. The Morgan fingerprint density at radius 2 is 1.52 bits per heavy atom. The molecule has 2 aromatic carbocycles. The summed E-state index contributed by atoms with van der Waals surface area (Å²) in [5, 5.41) is 0. The second kappa shape index (κ2) is 7.40. The van der Waals surface area contributed by atoms with Crippen molar-refractivity contribution in [2.45, 2.75) is 38.6 Å². The van der Waals surface area contributed by atoms with Gasteiger partial charge in [-0.2, -0.15) is 0 Å². The first-order valence-corrected chi connectivity index (χ1v) is 9.49. The zero-order valence-electron chi connectivity index (χ0n) is 14.8. The summed E-state index contributed by atoms with van der Waals surface area (Å²) in [5.41, 5.74) is 5.32. The van der Waals surface area contributed by atoms with Crippen molar-refractivity contribution in [3.63, 3.8) is 0 Å². The third kappa shape index (κ3) is 3.62. The number of unbranched alkanes of at least 4 members (excludes halogenated alkanes) is 2. The van der Waals surface area contributed by atoms with E-state index >= 15 is 0 Å². The van der Waals surface area contributed by atoms with Crippen molar-refractivity contribution in [1.82, 2.24) is 4.90 Å². The topological polar surface area (TPSA) is 23.6 Å². The molecule has 0 atom stereocenters. The van der Waals surface area contributed by atoms with E-state index in [1.54, 1.807) is 0 Å². The predicted molar refractivity (Wildman–Crippen MR) is 102 cm³/mol. The maximum Gasteiger partial charge on any atom is 0.231 e. The molecule has 4 rings (SSSR count). The monoisotopic (exact) mass is 334 g/mol. The van der Waals surface area contributed by atoms with E-state index in [4.69, 9.17) is 0 Å². The molecule has 1 amide bonds. The molecule has 0 spiro atoms. The smallest absolute Gasteiger partial charge is 0.231 e. The number of hydrogen-bond acceptors (Lipinski definition) is 2. The standard InChI is InChI=1S/C22H26N2O/c25-22-16-19-9-4-5-11-21(19)24(22)14-7-1-6-13-23-15-12-18-8-2-3-10-20(18)17-23/h2-5,8-11H,1,6-7,12-17H2. The van der Waals surface area contributed by atoms with E-state index in [1.165, 1.54) is 49.0 Å². The van der Waals surface area contributed by atoms with Crippen LogP contribution in [0.3, 0.4) is 0 Å². The Hall–Kier alpha value is -2.13. The van der Waals surface area contributed by atoms with Crippen molar-refractivity contribution in [2.24, 2.45) is 0 Å². The Labute approximate surface area is 150 Å². The van der Waals surface area contributed by atoms with E-state index in [9.17, 15) is 4.79 Å². The lowest BCUT2D eigenvalue weighted by Gasteiger charge is -2.28. The molecule has 0 unspecified atom stereocenters. The number of anilines is 1. The van der Waals surface area contributed by atoms with Gasteiger partial charge in [-0.15, -0.1) is 0 Å². The fourth-order valence-corrected chi connectivity index (χ4v) is 4.09. The van der Waals surface area contributed by atoms with Crippen LogP contribution >= 0.6 is 0 Å². The fraction of sp³-hybridized carbons (Fsp3) is 0.409. The molecule has 2 heterocycles. The minimum atomic E-state index is 0.258. The van der Waals surface area contributed by atoms with Gasteiger partial charge in [-0.05, 0) is 48.6 Å². The van der Waals surface area contributed by atoms with Crippen LogP contribution in [0.2, 0.25) is 0 Å². The minimum absolute atomic E-state index is 0.258. The number of rotatable bonds is 6. The van der Waals surface area contributed by atoms with Gasteiger partial charge in [0.15, 0.2) is 0 Å². The molecule has 0 N–H and O–H groups in total. The lowest BCUT2D eigenvalue weighted by molar-refractivity contribution is -0.117. The Bertz CT molecular complexity index is 755. The zero-order valence-corrected chi connectivity index (χ0v) is 14.8. The molecule has 0 radical (unpaired) electrons. The van der Waals surface area contributed by atoms with Gasteiger partial charge in [0, 0.05) is 25.3 Å². The third-order valence-electron chi connectivity index (χ3n) is 5.49. The average molecular weight is 334 g/mol. The fourth-order valence-electron chi connectivity index (χ4n) is 4.09. The number of amides is 1. The highest BCUT2D eigenvalue weighted by Gasteiger charge is 2.25. The summed E-state index contributed by atoms with van der Waals surface area (Å²) in [4.78, 5) is 16.7. The van der Waals surface area contributed by atoms with Crippen LogP contribution in [-0.4, -0.2) is 30.4 Å². The van der Waals surface area contributed by atoms with Gasteiger partial charge in [-0.25, -0.2) is 0 Å². The number of carbonyl (C=O) groups is 1. The number of hydrogen-bond donors (Lipinski definition) is 0. The molecule has 0 saturated carbocycles. The van der Waals surface area contributed by atoms with Crippen molar-refractivity contribution in [3.8, 4) is 0 Å². The van der Waals surface area contributed by atoms with Crippen LogP contribution in [0.4, 0.5) is 5.69 Å². The Kier molecular flexibility index (Phi) is 4.84. The molecule has 130 valence electrons. The van der Waals surface area contributed by atoms with E-state index < -0.39 is 0 Å². The Morgan fingerprint density at radius 3 is 2.40 bits per heavy atom. The van der Waals surface area contributed by atoms with Gasteiger partial charge >= 0.3 is 0 Å². The van der Waals surface area contributed by atoms with E-state index in [2.05, 4.69) is 41.3 Å². The molecule has 0 fully saturated rings. The maximum absolute atomic E-state index is 12.2.